The summed E-state index contributed by atoms with van der Waals surface area (Å²) in [6, 6.07) is 0. The van der Waals surface area contributed by atoms with E-state index in [1.807, 2.05) is 0 Å². The van der Waals surface area contributed by atoms with E-state index in [9.17, 15) is 13.2 Å². The quantitative estimate of drug-likeness (QED) is 0.744. The Morgan fingerprint density at radius 3 is 2.00 bits per heavy atom. The molecule has 0 aromatic heterocycles. The lowest BCUT2D eigenvalue weighted by molar-refractivity contribution is -0.140. The summed E-state index contributed by atoms with van der Waals surface area (Å²) in [7, 11) is 1.57. The van der Waals surface area contributed by atoms with E-state index in [-0.39, 0.29) is 13.2 Å². The van der Waals surface area contributed by atoms with Crippen LogP contribution in [0.15, 0.2) is 0 Å². The van der Waals surface area contributed by atoms with Crippen molar-refractivity contribution in [1.82, 2.24) is 4.90 Å². The van der Waals surface area contributed by atoms with Crippen molar-refractivity contribution in [2.24, 2.45) is 0 Å². The van der Waals surface area contributed by atoms with E-state index >= 15 is 0 Å². The summed E-state index contributed by atoms with van der Waals surface area (Å²) in [5.41, 5.74) is -0.592. The first kappa shape index (κ1) is 12.7. The number of aliphatic hydroxyl groups excluding tert-OH is 1. The minimum absolute atomic E-state index is 0.0862. The van der Waals surface area contributed by atoms with Crippen molar-refractivity contribution in [3.05, 3.63) is 0 Å². The number of halogens is 3. The molecule has 0 fully saturated rings. The molecule has 0 radical (unpaired) electrons. The number of aliphatic hydroxyl groups is 1. The van der Waals surface area contributed by atoms with E-state index in [1.54, 1.807) is 20.9 Å². The SMILES string of the molecule is CN(CCC(F)(F)F)C(C)(C)CO. The number of likely N-dealkylation sites (N-methyl/N-ethyl adjacent to an activating group) is 1. The first-order valence-corrected chi connectivity index (χ1v) is 4.08. The van der Waals surface area contributed by atoms with Crippen molar-refractivity contribution in [2.75, 3.05) is 20.2 Å². The monoisotopic (exact) mass is 199 g/mol. The minimum atomic E-state index is -4.13. The Hall–Kier alpha value is -0.290. The average molecular weight is 199 g/mol. The fraction of sp³-hybridized carbons (Fsp3) is 1.00. The maximum Gasteiger partial charge on any atom is 0.390 e. The Balaban J connectivity index is 3.95. The van der Waals surface area contributed by atoms with E-state index in [2.05, 4.69) is 0 Å². The van der Waals surface area contributed by atoms with Crippen LogP contribution in [-0.2, 0) is 0 Å². The molecule has 0 amide bonds. The maximum atomic E-state index is 11.8. The van der Waals surface area contributed by atoms with Gasteiger partial charge in [-0.2, -0.15) is 13.2 Å². The van der Waals surface area contributed by atoms with Gasteiger partial charge in [0.25, 0.3) is 0 Å². The van der Waals surface area contributed by atoms with Crippen molar-refractivity contribution < 1.29 is 18.3 Å². The van der Waals surface area contributed by atoms with Crippen LogP contribution in [0.1, 0.15) is 20.3 Å². The van der Waals surface area contributed by atoms with Crippen LogP contribution in [0.25, 0.3) is 0 Å². The number of nitrogens with zero attached hydrogens (tertiary/aromatic N) is 1. The van der Waals surface area contributed by atoms with E-state index in [0.29, 0.717) is 0 Å². The zero-order valence-electron chi connectivity index (χ0n) is 8.15. The van der Waals surface area contributed by atoms with E-state index in [4.69, 9.17) is 5.11 Å². The molecule has 2 nitrogen and oxygen atoms in total. The van der Waals surface area contributed by atoms with Gasteiger partial charge in [0.15, 0.2) is 0 Å². The summed E-state index contributed by atoms with van der Waals surface area (Å²) >= 11 is 0. The van der Waals surface area contributed by atoms with Crippen molar-refractivity contribution >= 4 is 0 Å². The second kappa shape index (κ2) is 4.28. The smallest absolute Gasteiger partial charge is 0.390 e. The van der Waals surface area contributed by atoms with Gasteiger partial charge in [-0.15, -0.1) is 0 Å². The third kappa shape index (κ3) is 5.10. The number of hydrogen-bond acceptors (Lipinski definition) is 2. The molecule has 0 aromatic carbocycles. The second-order valence-corrected chi connectivity index (χ2v) is 3.76. The molecule has 0 aromatic rings. The van der Waals surface area contributed by atoms with Gasteiger partial charge in [-0.05, 0) is 20.9 Å². The van der Waals surface area contributed by atoms with Crippen molar-refractivity contribution in [3.63, 3.8) is 0 Å². The summed E-state index contributed by atoms with van der Waals surface area (Å²) in [4.78, 5) is 1.50. The summed E-state index contributed by atoms with van der Waals surface area (Å²) in [6.45, 7) is 3.16. The highest BCUT2D eigenvalue weighted by Crippen LogP contribution is 2.21. The molecular formula is C8H16F3NO. The highest BCUT2D eigenvalue weighted by molar-refractivity contribution is 4.78. The molecule has 0 saturated carbocycles. The third-order valence-electron chi connectivity index (χ3n) is 2.15. The molecule has 5 heteroatoms. The van der Waals surface area contributed by atoms with Crippen LogP contribution >= 0.6 is 0 Å². The third-order valence-corrected chi connectivity index (χ3v) is 2.15. The summed E-state index contributed by atoms with van der Waals surface area (Å²) in [5.74, 6) is 0. The summed E-state index contributed by atoms with van der Waals surface area (Å²) in [5, 5.41) is 8.87. The van der Waals surface area contributed by atoms with E-state index < -0.39 is 18.1 Å². The highest BCUT2D eigenvalue weighted by atomic mass is 19.4. The molecule has 0 aliphatic rings. The summed E-state index contributed by atoms with van der Waals surface area (Å²) in [6.07, 6.45) is -4.97. The van der Waals surface area contributed by atoms with E-state index in [1.165, 1.54) is 4.90 Å². The van der Waals surface area contributed by atoms with Gasteiger partial charge in [-0.3, -0.25) is 4.90 Å². The van der Waals surface area contributed by atoms with Gasteiger partial charge in [-0.25, -0.2) is 0 Å². The zero-order chi connectivity index (χ0) is 10.7. The Kier molecular flexibility index (Phi) is 4.19. The lowest BCUT2D eigenvalue weighted by Crippen LogP contribution is -2.45. The largest absolute Gasteiger partial charge is 0.394 e. The standard InChI is InChI=1S/C8H16F3NO/c1-7(2,6-13)12(3)5-4-8(9,10)11/h13H,4-6H2,1-3H3. The lowest BCUT2D eigenvalue weighted by Gasteiger charge is -2.33. The topological polar surface area (TPSA) is 23.5 Å². The van der Waals surface area contributed by atoms with Crippen LogP contribution in [0.3, 0.4) is 0 Å². The highest BCUT2D eigenvalue weighted by Gasteiger charge is 2.30. The maximum absolute atomic E-state index is 11.8. The van der Waals surface area contributed by atoms with Crippen molar-refractivity contribution in [1.29, 1.82) is 0 Å². The predicted octanol–water partition coefficient (Wildman–Crippen LogP) is 1.64. The van der Waals surface area contributed by atoms with Crippen LogP contribution in [0.4, 0.5) is 13.2 Å². The molecule has 0 bridgehead atoms. The zero-order valence-corrected chi connectivity index (χ0v) is 8.15. The molecular weight excluding hydrogens is 183 g/mol. The average Bonchev–Trinajstić information content (AvgIpc) is 1.98. The minimum Gasteiger partial charge on any atom is -0.394 e. The van der Waals surface area contributed by atoms with Gasteiger partial charge in [0.1, 0.15) is 0 Å². The van der Waals surface area contributed by atoms with E-state index in [0.717, 1.165) is 0 Å². The van der Waals surface area contributed by atoms with Gasteiger partial charge in [0.2, 0.25) is 0 Å². The van der Waals surface area contributed by atoms with Gasteiger partial charge in [0, 0.05) is 12.1 Å². The molecule has 0 unspecified atom stereocenters. The van der Waals surface area contributed by atoms with Gasteiger partial charge >= 0.3 is 6.18 Å². The molecule has 0 heterocycles. The van der Waals surface area contributed by atoms with Crippen molar-refractivity contribution in [3.8, 4) is 0 Å². The second-order valence-electron chi connectivity index (χ2n) is 3.76. The van der Waals surface area contributed by atoms with Gasteiger partial charge < -0.3 is 5.11 Å². The van der Waals surface area contributed by atoms with Crippen LogP contribution in [-0.4, -0.2) is 41.9 Å². The Labute approximate surface area is 76.3 Å². The molecule has 0 rings (SSSR count). The molecule has 0 saturated heterocycles. The number of rotatable bonds is 4. The molecule has 0 atom stereocenters. The molecule has 0 aliphatic carbocycles. The first-order chi connectivity index (χ1) is 5.69. The van der Waals surface area contributed by atoms with Crippen LogP contribution in [0.5, 0.6) is 0 Å². The Morgan fingerprint density at radius 2 is 1.69 bits per heavy atom. The Morgan fingerprint density at radius 1 is 1.23 bits per heavy atom. The molecule has 1 N–H and O–H groups in total. The van der Waals surface area contributed by atoms with Crippen LogP contribution in [0.2, 0.25) is 0 Å². The predicted molar refractivity (Wildman–Crippen MR) is 44.5 cm³/mol. The number of alkyl halides is 3. The Bertz CT molecular complexity index is 156. The normalized spacial score (nSPS) is 13.8. The molecule has 13 heavy (non-hydrogen) atoms. The van der Waals surface area contributed by atoms with Crippen molar-refractivity contribution in [2.45, 2.75) is 32.0 Å². The van der Waals surface area contributed by atoms with Crippen LogP contribution in [0, 0.1) is 0 Å². The molecule has 0 spiro atoms. The fourth-order valence-corrected chi connectivity index (χ4v) is 0.718. The van der Waals surface area contributed by atoms with Crippen LogP contribution < -0.4 is 0 Å². The number of hydrogen-bond donors (Lipinski definition) is 1. The first-order valence-electron chi connectivity index (χ1n) is 4.08. The molecule has 80 valence electrons. The lowest BCUT2D eigenvalue weighted by atomic mass is 10.1. The van der Waals surface area contributed by atoms with Gasteiger partial charge in [0.05, 0.1) is 13.0 Å². The summed E-state index contributed by atoms with van der Waals surface area (Å²) < 4.78 is 35.5. The van der Waals surface area contributed by atoms with Gasteiger partial charge in [-0.1, -0.05) is 0 Å². The molecule has 0 aliphatic heterocycles. The fourth-order valence-electron chi connectivity index (χ4n) is 0.718.